The largest absolute Gasteiger partial charge is 0.473 e. The molecule has 0 aliphatic carbocycles. The Bertz CT molecular complexity index is 953. The van der Waals surface area contributed by atoms with Gasteiger partial charge < -0.3 is 30.5 Å². The number of fused-ring (bicyclic) bond motifs is 1. The summed E-state index contributed by atoms with van der Waals surface area (Å²) >= 11 is 1.49. The number of nitrogens with one attached hydrogen (secondary N) is 2. The van der Waals surface area contributed by atoms with Gasteiger partial charge >= 0.3 is 17.9 Å². The zero-order valence-corrected chi connectivity index (χ0v) is 22.0. The molecule has 0 radical (unpaired) electrons. The molecule has 0 spiro atoms. The van der Waals surface area contributed by atoms with Gasteiger partial charge in [0.2, 0.25) is 5.91 Å². The minimum Gasteiger partial charge on any atom is -0.473 e. The minimum atomic E-state index is -1.82. The Kier molecular flexibility index (Phi) is 9.40. The highest BCUT2D eigenvalue weighted by molar-refractivity contribution is 7.17. The molecule has 0 saturated carbocycles. The molecular formula is C23H36N4O7S. The van der Waals surface area contributed by atoms with E-state index < -0.39 is 11.9 Å². The Morgan fingerprint density at radius 2 is 1.63 bits per heavy atom. The van der Waals surface area contributed by atoms with E-state index in [4.69, 9.17) is 24.5 Å². The second kappa shape index (κ2) is 11.5. The van der Waals surface area contributed by atoms with Gasteiger partial charge in [-0.25, -0.2) is 14.4 Å². The molecule has 4 N–H and O–H groups in total. The molecule has 0 aromatic carbocycles. The summed E-state index contributed by atoms with van der Waals surface area (Å²) < 4.78 is 5.35. The zero-order chi connectivity index (χ0) is 26.6. The van der Waals surface area contributed by atoms with Gasteiger partial charge in [-0.05, 0) is 53.7 Å². The molecule has 1 fully saturated rings. The maximum atomic E-state index is 12.8. The second-order valence-corrected chi connectivity index (χ2v) is 10.9. The second-order valence-electron chi connectivity index (χ2n) is 9.88. The summed E-state index contributed by atoms with van der Waals surface area (Å²) in [6, 6.07) is 0. The first-order valence-corrected chi connectivity index (χ1v) is 12.3. The number of hydrogen-bond donors (Lipinski definition) is 4. The number of carbonyl (C=O) groups excluding carboxylic acids is 2. The van der Waals surface area contributed by atoms with Crippen molar-refractivity contribution >= 4 is 40.2 Å². The number of amides is 1. The highest BCUT2D eigenvalue weighted by Crippen LogP contribution is 2.45. The lowest BCUT2D eigenvalue weighted by atomic mass is 9.81. The summed E-state index contributed by atoms with van der Waals surface area (Å²) in [5.41, 5.74) is 1.09. The monoisotopic (exact) mass is 512 g/mol. The predicted octanol–water partition coefficient (Wildman–Crippen LogP) is 1.43. The van der Waals surface area contributed by atoms with Crippen LogP contribution >= 0.6 is 11.3 Å². The number of likely N-dealkylation sites (N-methyl/N-ethyl adjacent to an activating group) is 1. The molecule has 0 bridgehead atoms. The third-order valence-corrected chi connectivity index (χ3v) is 7.19. The van der Waals surface area contributed by atoms with Crippen LogP contribution in [0.2, 0.25) is 0 Å². The van der Waals surface area contributed by atoms with Crippen molar-refractivity contribution in [1.82, 2.24) is 15.1 Å². The van der Waals surface area contributed by atoms with Crippen LogP contribution in [0.1, 0.15) is 55.4 Å². The first kappa shape index (κ1) is 28.7. The fourth-order valence-electron chi connectivity index (χ4n) is 4.41. The maximum absolute atomic E-state index is 12.8. The number of carboxylic acid groups (broad SMARTS) is 2. The maximum Gasteiger partial charge on any atom is 0.414 e. The van der Waals surface area contributed by atoms with Crippen LogP contribution in [0.15, 0.2) is 0 Å². The number of carboxylic acids is 2. The fourth-order valence-corrected chi connectivity index (χ4v) is 5.69. The molecule has 1 aromatic heterocycles. The molecular weight excluding hydrogens is 476 g/mol. The van der Waals surface area contributed by atoms with E-state index in [9.17, 15) is 9.59 Å². The lowest BCUT2D eigenvalue weighted by molar-refractivity contribution is -0.159. The lowest BCUT2D eigenvalue weighted by Crippen LogP contribution is -2.55. The van der Waals surface area contributed by atoms with Crippen LogP contribution < -0.4 is 10.6 Å². The summed E-state index contributed by atoms with van der Waals surface area (Å²) in [5.74, 6) is -4.08. The smallest absolute Gasteiger partial charge is 0.414 e. The van der Waals surface area contributed by atoms with E-state index in [2.05, 4.69) is 55.2 Å². The Balaban J connectivity index is 0.000000641. The summed E-state index contributed by atoms with van der Waals surface area (Å²) in [4.78, 5) is 49.3. The molecule has 3 heterocycles. The minimum absolute atomic E-state index is 0.0799. The normalized spacial score (nSPS) is 19.0. The van der Waals surface area contributed by atoms with Gasteiger partial charge in [-0.3, -0.25) is 9.69 Å². The van der Waals surface area contributed by atoms with Crippen molar-refractivity contribution in [1.29, 1.82) is 0 Å². The number of esters is 1. The SMILES string of the molecule is CCOC(=O)c1c(NC(=O)CN2CCN(C)CC2)sc2c1CC(C)(C)NC2(C)C.O=C(O)C(=O)O. The molecule has 0 unspecified atom stereocenters. The van der Waals surface area contributed by atoms with E-state index in [0.717, 1.165) is 36.6 Å². The van der Waals surface area contributed by atoms with Crippen molar-refractivity contribution < 1.29 is 34.1 Å². The summed E-state index contributed by atoms with van der Waals surface area (Å²) in [6.07, 6.45) is 0.713. The third kappa shape index (κ3) is 7.72. The van der Waals surface area contributed by atoms with Gasteiger partial charge in [0.1, 0.15) is 5.00 Å². The molecule has 196 valence electrons. The van der Waals surface area contributed by atoms with E-state index >= 15 is 0 Å². The van der Waals surface area contributed by atoms with Crippen molar-refractivity contribution in [2.75, 3.05) is 51.7 Å². The highest BCUT2D eigenvalue weighted by Gasteiger charge is 2.42. The first-order chi connectivity index (χ1) is 16.2. The number of ether oxygens (including phenoxy) is 1. The van der Waals surface area contributed by atoms with Crippen molar-refractivity contribution in [3.63, 3.8) is 0 Å². The van der Waals surface area contributed by atoms with Crippen LogP contribution in [-0.4, -0.2) is 95.7 Å². The fraction of sp³-hybridized carbons (Fsp3) is 0.652. The molecule has 12 heteroatoms. The van der Waals surface area contributed by atoms with Crippen LogP contribution in [-0.2, 0) is 31.1 Å². The molecule has 2 aliphatic rings. The molecule has 1 amide bonds. The van der Waals surface area contributed by atoms with E-state index in [1.165, 1.54) is 11.3 Å². The average Bonchev–Trinajstić information content (AvgIpc) is 3.07. The van der Waals surface area contributed by atoms with Crippen molar-refractivity contribution in [3.05, 3.63) is 16.0 Å². The standard InChI is InChI=1S/C21H34N4O3S.C2H2O4/c1-7-28-19(27)16-14-12-20(2,3)23-21(4,5)17(14)29-18(16)22-15(26)13-25-10-8-24(6)9-11-25;3-1(4)2(5)6/h23H,7-13H2,1-6H3,(H,22,26);(H,3,4)(H,5,6). The van der Waals surface area contributed by atoms with Gasteiger partial charge in [-0.1, -0.05) is 0 Å². The summed E-state index contributed by atoms with van der Waals surface area (Å²) in [5, 5.41) is 22.1. The van der Waals surface area contributed by atoms with Crippen LogP contribution in [0.5, 0.6) is 0 Å². The molecule has 1 saturated heterocycles. The number of thiophene rings is 1. The molecule has 35 heavy (non-hydrogen) atoms. The van der Waals surface area contributed by atoms with E-state index in [1.54, 1.807) is 6.92 Å². The Morgan fingerprint density at radius 1 is 1.06 bits per heavy atom. The van der Waals surface area contributed by atoms with Crippen LogP contribution in [0.3, 0.4) is 0 Å². The van der Waals surface area contributed by atoms with E-state index in [0.29, 0.717) is 30.1 Å². The number of anilines is 1. The number of carbonyl (C=O) groups is 4. The number of rotatable bonds is 5. The third-order valence-electron chi connectivity index (χ3n) is 5.72. The number of piperazine rings is 1. The summed E-state index contributed by atoms with van der Waals surface area (Å²) in [6.45, 7) is 14.6. The van der Waals surface area contributed by atoms with Gasteiger partial charge in [0.25, 0.3) is 0 Å². The zero-order valence-electron chi connectivity index (χ0n) is 21.2. The predicted molar refractivity (Wildman–Crippen MR) is 132 cm³/mol. The molecule has 11 nitrogen and oxygen atoms in total. The van der Waals surface area contributed by atoms with Gasteiger partial charge in [-0.2, -0.15) is 0 Å². The topological polar surface area (TPSA) is 149 Å². The van der Waals surface area contributed by atoms with Gasteiger partial charge in [0, 0.05) is 42.1 Å². The Morgan fingerprint density at radius 3 is 2.14 bits per heavy atom. The van der Waals surface area contributed by atoms with Crippen molar-refractivity contribution in [2.24, 2.45) is 0 Å². The average molecular weight is 513 g/mol. The number of nitrogens with zero attached hydrogens (tertiary/aromatic N) is 2. The van der Waals surface area contributed by atoms with Gasteiger partial charge in [-0.15, -0.1) is 11.3 Å². The van der Waals surface area contributed by atoms with Crippen LogP contribution in [0.25, 0.3) is 0 Å². The van der Waals surface area contributed by atoms with Crippen LogP contribution in [0, 0.1) is 0 Å². The van der Waals surface area contributed by atoms with Crippen molar-refractivity contribution in [3.8, 4) is 0 Å². The van der Waals surface area contributed by atoms with Gasteiger partial charge in [0.15, 0.2) is 0 Å². The molecule has 2 aliphatic heterocycles. The lowest BCUT2D eigenvalue weighted by Gasteiger charge is -2.42. The van der Waals surface area contributed by atoms with Crippen LogP contribution in [0.4, 0.5) is 5.00 Å². The molecule has 0 atom stereocenters. The quantitative estimate of drug-likeness (QED) is 0.337. The Hall–Kier alpha value is -2.54. The first-order valence-electron chi connectivity index (χ1n) is 11.5. The molecule has 3 rings (SSSR count). The van der Waals surface area contributed by atoms with E-state index in [-0.39, 0.29) is 23.0 Å². The van der Waals surface area contributed by atoms with Gasteiger partial charge in [0.05, 0.1) is 18.7 Å². The number of aliphatic carboxylic acids is 2. The van der Waals surface area contributed by atoms with Crippen molar-refractivity contribution in [2.45, 2.75) is 52.1 Å². The Labute approximate surface area is 209 Å². The van der Waals surface area contributed by atoms with E-state index in [1.807, 2.05) is 0 Å². The summed E-state index contributed by atoms with van der Waals surface area (Å²) in [7, 11) is 2.09. The number of hydrogen-bond acceptors (Lipinski definition) is 9. The highest BCUT2D eigenvalue weighted by atomic mass is 32.1. The molecule has 1 aromatic rings.